The van der Waals surface area contributed by atoms with Crippen molar-refractivity contribution in [2.24, 2.45) is 0 Å². The fourth-order valence-corrected chi connectivity index (χ4v) is 6.07. The third-order valence-corrected chi connectivity index (χ3v) is 9.33. The van der Waals surface area contributed by atoms with E-state index < -0.39 is 124 Å². The van der Waals surface area contributed by atoms with E-state index in [1.54, 1.807) is 13.0 Å². The molecule has 312 valence electrons. The maximum absolute atomic E-state index is 12.2. The van der Waals surface area contributed by atoms with E-state index in [4.69, 9.17) is 28.4 Å². The Balaban J connectivity index is 1.62. The monoisotopic (exact) mass is 781 g/mol. The number of aliphatic hydroxyl groups excluding tert-OH is 11. The Morgan fingerprint density at radius 3 is 1.63 bits per heavy atom. The fraction of sp³-hybridized carbons (Fsp3) is 0.800. The molecule has 0 aromatic rings. The first-order chi connectivity index (χ1) is 25.8. The van der Waals surface area contributed by atoms with Gasteiger partial charge in [-0.2, -0.15) is 0 Å². The molecule has 17 atom stereocenters. The van der Waals surface area contributed by atoms with Gasteiger partial charge in [-0.1, -0.05) is 43.4 Å². The van der Waals surface area contributed by atoms with E-state index in [9.17, 15) is 61.0 Å². The molecule has 3 aliphatic heterocycles. The predicted octanol–water partition coefficient (Wildman–Crippen LogP) is -4.04. The van der Waals surface area contributed by atoms with Crippen molar-refractivity contribution in [3.8, 4) is 0 Å². The number of rotatable bonds is 20. The molecule has 54 heavy (non-hydrogen) atoms. The van der Waals surface area contributed by atoms with Gasteiger partial charge >= 0.3 is 0 Å². The molecule has 3 fully saturated rings. The first-order valence-corrected chi connectivity index (χ1v) is 18.2. The second kappa shape index (κ2) is 23.3. The number of aliphatic hydroxyl groups is 11. The van der Waals surface area contributed by atoms with Gasteiger partial charge in [-0.3, -0.25) is 4.79 Å². The van der Waals surface area contributed by atoms with Gasteiger partial charge in [0.2, 0.25) is 5.91 Å². The number of unbranched alkanes of at least 4 members (excludes halogenated alkanes) is 2. The molecular formula is C35H59NO18. The van der Waals surface area contributed by atoms with E-state index in [-0.39, 0.29) is 18.9 Å². The average molecular weight is 782 g/mol. The molecule has 1 amide bonds. The number of amides is 1. The summed E-state index contributed by atoms with van der Waals surface area (Å²) in [6.45, 7) is 0.766. The van der Waals surface area contributed by atoms with Crippen molar-refractivity contribution in [2.45, 2.75) is 150 Å². The molecule has 17 unspecified atom stereocenters. The summed E-state index contributed by atoms with van der Waals surface area (Å²) in [5.41, 5.74) is 0. The van der Waals surface area contributed by atoms with E-state index >= 15 is 0 Å². The summed E-state index contributed by atoms with van der Waals surface area (Å²) >= 11 is 0. The van der Waals surface area contributed by atoms with Crippen molar-refractivity contribution < 1.29 is 89.4 Å². The number of allylic oxidation sites excluding steroid dienone is 5. The molecule has 0 saturated carbocycles. The van der Waals surface area contributed by atoms with Crippen LogP contribution in [-0.4, -0.2) is 193 Å². The summed E-state index contributed by atoms with van der Waals surface area (Å²) < 4.78 is 33.4. The van der Waals surface area contributed by atoms with Crippen LogP contribution in [0.5, 0.6) is 0 Å². The van der Waals surface area contributed by atoms with Crippen LogP contribution in [0.2, 0.25) is 0 Å². The Labute approximate surface area is 313 Å². The van der Waals surface area contributed by atoms with E-state index in [0.29, 0.717) is 6.42 Å². The lowest BCUT2D eigenvalue weighted by Gasteiger charge is -2.48. The number of hydrogen-bond donors (Lipinski definition) is 12. The quantitative estimate of drug-likeness (QED) is 0.0413. The van der Waals surface area contributed by atoms with Gasteiger partial charge in [-0.25, -0.2) is 0 Å². The lowest BCUT2D eigenvalue weighted by Crippen LogP contribution is -2.66. The Hall–Kier alpha value is -1.99. The van der Waals surface area contributed by atoms with Gasteiger partial charge in [-0.05, 0) is 32.6 Å². The third kappa shape index (κ3) is 12.5. The SMILES string of the molecule is C/C=C/CC/C=C/CC/C=C/C(O)C(COC1OC(CO)C(OC2OC(CO)C(OC3OC(CO)C(O)C(O)C3O)C(O)C2O)C(O)C1O)NC(=O)CC. The maximum Gasteiger partial charge on any atom is 0.220 e. The van der Waals surface area contributed by atoms with Gasteiger partial charge in [0.25, 0.3) is 0 Å². The molecule has 3 heterocycles. The minimum Gasteiger partial charge on any atom is -0.394 e. The molecule has 3 aliphatic rings. The molecule has 19 heteroatoms. The van der Waals surface area contributed by atoms with Crippen molar-refractivity contribution in [1.29, 1.82) is 0 Å². The largest absolute Gasteiger partial charge is 0.394 e. The van der Waals surface area contributed by atoms with Crippen LogP contribution in [0.3, 0.4) is 0 Å². The highest BCUT2D eigenvalue weighted by atomic mass is 16.8. The normalized spacial score (nSPS) is 39.0. The van der Waals surface area contributed by atoms with Crippen molar-refractivity contribution in [1.82, 2.24) is 5.32 Å². The lowest BCUT2D eigenvalue weighted by atomic mass is 9.96. The molecule has 0 bridgehead atoms. The highest BCUT2D eigenvalue weighted by molar-refractivity contribution is 5.75. The van der Waals surface area contributed by atoms with Crippen molar-refractivity contribution >= 4 is 5.91 Å². The van der Waals surface area contributed by atoms with E-state index in [1.807, 2.05) is 19.1 Å². The first-order valence-electron chi connectivity index (χ1n) is 18.2. The molecule has 0 aromatic heterocycles. The predicted molar refractivity (Wildman–Crippen MR) is 185 cm³/mol. The van der Waals surface area contributed by atoms with Gasteiger partial charge in [-0.15, -0.1) is 0 Å². The smallest absolute Gasteiger partial charge is 0.220 e. The summed E-state index contributed by atoms with van der Waals surface area (Å²) in [6, 6.07) is -0.986. The van der Waals surface area contributed by atoms with E-state index in [0.717, 1.165) is 19.3 Å². The number of carbonyl (C=O) groups excluding carboxylic acids is 1. The van der Waals surface area contributed by atoms with Crippen molar-refractivity contribution in [2.75, 3.05) is 26.4 Å². The third-order valence-electron chi connectivity index (χ3n) is 9.33. The Morgan fingerprint density at radius 2 is 1.11 bits per heavy atom. The van der Waals surface area contributed by atoms with Gasteiger partial charge in [0.15, 0.2) is 18.9 Å². The van der Waals surface area contributed by atoms with Gasteiger partial charge in [0.1, 0.15) is 73.2 Å². The Morgan fingerprint density at radius 1 is 0.648 bits per heavy atom. The van der Waals surface area contributed by atoms with Crippen molar-refractivity contribution in [3.63, 3.8) is 0 Å². The Kier molecular flexibility index (Phi) is 20.0. The van der Waals surface area contributed by atoms with Gasteiger partial charge < -0.3 is 89.9 Å². The summed E-state index contributed by atoms with van der Waals surface area (Å²) in [5, 5.41) is 117. The first kappa shape index (κ1) is 46.4. The topological polar surface area (TPSA) is 307 Å². The number of hydrogen-bond acceptors (Lipinski definition) is 18. The summed E-state index contributed by atoms with van der Waals surface area (Å²) in [4.78, 5) is 12.2. The van der Waals surface area contributed by atoms with Crippen LogP contribution in [0.15, 0.2) is 36.5 Å². The number of carbonyl (C=O) groups is 1. The highest BCUT2D eigenvalue weighted by Crippen LogP contribution is 2.32. The minimum atomic E-state index is -1.97. The fourth-order valence-electron chi connectivity index (χ4n) is 6.07. The lowest BCUT2D eigenvalue weighted by molar-refractivity contribution is -0.379. The molecule has 0 radical (unpaired) electrons. The number of ether oxygens (including phenoxy) is 6. The standard InChI is InChI=1S/C35H59NO18/c1-3-5-6-7-8-9-10-11-12-13-19(40)18(36-23(41)4-2)17-49-33-29(47)26(44)31(21(15-38)51-33)54-35-30(48)27(45)32(22(16-39)52-35)53-34-28(46)25(43)24(42)20(14-37)50-34/h3,5,8-9,12-13,18-22,24-35,37-40,42-48H,4,6-7,10-11,14-17H2,1-2H3,(H,36,41)/b5-3+,9-8+,13-12+. The van der Waals surface area contributed by atoms with Crippen LogP contribution in [0, 0.1) is 0 Å². The number of nitrogens with one attached hydrogen (secondary N) is 1. The molecule has 0 aromatic carbocycles. The second-order valence-corrected chi connectivity index (χ2v) is 13.3. The molecule has 0 spiro atoms. The molecular weight excluding hydrogens is 722 g/mol. The molecule has 12 N–H and O–H groups in total. The summed E-state index contributed by atoms with van der Waals surface area (Å²) in [6.07, 6.45) is -12.0. The van der Waals surface area contributed by atoms with Crippen LogP contribution in [0.4, 0.5) is 0 Å². The zero-order valence-corrected chi connectivity index (χ0v) is 30.4. The van der Waals surface area contributed by atoms with Crippen LogP contribution in [-0.2, 0) is 33.2 Å². The van der Waals surface area contributed by atoms with Gasteiger partial charge in [0, 0.05) is 6.42 Å². The van der Waals surface area contributed by atoms with Crippen LogP contribution < -0.4 is 5.32 Å². The summed E-state index contributed by atoms with van der Waals surface area (Å²) in [7, 11) is 0. The van der Waals surface area contributed by atoms with Gasteiger partial charge in [0.05, 0.1) is 38.6 Å². The van der Waals surface area contributed by atoms with Crippen molar-refractivity contribution in [3.05, 3.63) is 36.5 Å². The van der Waals surface area contributed by atoms with E-state index in [1.165, 1.54) is 6.08 Å². The molecule has 3 rings (SSSR count). The maximum atomic E-state index is 12.2. The minimum absolute atomic E-state index is 0.110. The average Bonchev–Trinajstić information content (AvgIpc) is 3.17. The summed E-state index contributed by atoms with van der Waals surface area (Å²) in [5.74, 6) is -0.387. The zero-order chi connectivity index (χ0) is 39.9. The van der Waals surface area contributed by atoms with Crippen LogP contribution in [0.25, 0.3) is 0 Å². The second-order valence-electron chi connectivity index (χ2n) is 13.3. The van der Waals surface area contributed by atoms with Crippen LogP contribution >= 0.6 is 0 Å². The molecule has 3 saturated heterocycles. The van der Waals surface area contributed by atoms with Crippen LogP contribution in [0.1, 0.15) is 46.0 Å². The zero-order valence-electron chi connectivity index (χ0n) is 30.4. The molecule has 0 aliphatic carbocycles. The highest BCUT2D eigenvalue weighted by Gasteiger charge is 2.53. The van der Waals surface area contributed by atoms with E-state index in [2.05, 4.69) is 17.5 Å². The Bertz CT molecular complexity index is 1170. The molecule has 19 nitrogen and oxygen atoms in total.